The number of nitrogens with two attached hydrogens (primary N) is 1. The summed E-state index contributed by atoms with van der Waals surface area (Å²) in [6, 6.07) is 0. The fraction of sp³-hybridized carbons (Fsp3) is 1.00. The van der Waals surface area contributed by atoms with Gasteiger partial charge in [0.15, 0.2) is 0 Å². The molecule has 0 aromatic carbocycles. The molecule has 1 nitrogen and oxygen atoms in total. The van der Waals surface area contributed by atoms with Gasteiger partial charge >= 0.3 is 0 Å². The number of hydrogen-bond donors (Lipinski definition) is 1. The average Bonchev–Trinajstić information content (AvgIpc) is 2.72. The van der Waals surface area contributed by atoms with E-state index in [-0.39, 0.29) is 5.54 Å². The molecular weight excluding hydrogens is 170 g/mol. The van der Waals surface area contributed by atoms with Crippen molar-refractivity contribution in [2.75, 3.05) is 0 Å². The van der Waals surface area contributed by atoms with Crippen molar-refractivity contribution in [1.29, 1.82) is 0 Å². The highest BCUT2D eigenvalue weighted by Gasteiger charge is 2.39. The van der Waals surface area contributed by atoms with E-state index in [0.29, 0.717) is 0 Å². The van der Waals surface area contributed by atoms with Gasteiger partial charge in [0.05, 0.1) is 0 Å². The van der Waals surface area contributed by atoms with Crippen LogP contribution in [0, 0.1) is 11.8 Å². The summed E-state index contributed by atoms with van der Waals surface area (Å²) in [6.45, 7) is 2.32. The van der Waals surface area contributed by atoms with Crippen molar-refractivity contribution in [3.63, 3.8) is 0 Å². The van der Waals surface area contributed by atoms with Crippen LogP contribution in [0.25, 0.3) is 0 Å². The maximum absolute atomic E-state index is 6.58. The van der Waals surface area contributed by atoms with Gasteiger partial charge < -0.3 is 5.73 Å². The lowest BCUT2D eigenvalue weighted by molar-refractivity contribution is 0.161. The highest BCUT2D eigenvalue weighted by molar-refractivity contribution is 4.96. The van der Waals surface area contributed by atoms with E-state index in [1.807, 2.05) is 0 Å². The van der Waals surface area contributed by atoms with E-state index >= 15 is 0 Å². The van der Waals surface area contributed by atoms with Gasteiger partial charge in [0.25, 0.3) is 0 Å². The summed E-state index contributed by atoms with van der Waals surface area (Å²) in [5.41, 5.74) is 6.82. The third-order valence-electron chi connectivity index (χ3n) is 4.78. The lowest BCUT2D eigenvalue weighted by atomic mass is 9.69. The molecular formula is C13H25N. The topological polar surface area (TPSA) is 26.0 Å². The summed E-state index contributed by atoms with van der Waals surface area (Å²) in [7, 11) is 0. The van der Waals surface area contributed by atoms with E-state index < -0.39 is 0 Å². The fourth-order valence-electron chi connectivity index (χ4n) is 3.53. The van der Waals surface area contributed by atoms with Gasteiger partial charge in [-0.2, -0.15) is 0 Å². The monoisotopic (exact) mass is 195 g/mol. The quantitative estimate of drug-likeness (QED) is 0.717. The largest absolute Gasteiger partial charge is 0.325 e. The molecule has 0 unspecified atom stereocenters. The third kappa shape index (κ3) is 1.98. The average molecular weight is 195 g/mol. The van der Waals surface area contributed by atoms with Crippen LogP contribution in [0.4, 0.5) is 0 Å². The van der Waals surface area contributed by atoms with E-state index in [1.54, 1.807) is 0 Å². The van der Waals surface area contributed by atoms with Crippen LogP contribution in [-0.4, -0.2) is 5.54 Å². The predicted molar refractivity (Wildman–Crippen MR) is 61.1 cm³/mol. The summed E-state index contributed by atoms with van der Waals surface area (Å²) < 4.78 is 0. The first-order valence-electron chi connectivity index (χ1n) is 6.53. The van der Waals surface area contributed by atoms with E-state index in [9.17, 15) is 0 Å². The Morgan fingerprint density at radius 3 is 2.14 bits per heavy atom. The molecule has 82 valence electrons. The van der Waals surface area contributed by atoms with Gasteiger partial charge in [-0.3, -0.25) is 0 Å². The van der Waals surface area contributed by atoms with Crippen molar-refractivity contribution in [2.24, 2.45) is 17.6 Å². The van der Waals surface area contributed by atoms with E-state index in [0.717, 1.165) is 11.8 Å². The molecule has 0 atom stereocenters. The lowest BCUT2D eigenvalue weighted by Gasteiger charge is -2.41. The minimum absolute atomic E-state index is 0.238. The first-order chi connectivity index (χ1) is 6.74. The zero-order valence-electron chi connectivity index (χ0n) is 9.60. The Kier molecular flexibility index (Phi) is 3.16. The summed E-state index contributed by atoms with van der Waals surface area (Å²) in [6.07, 6.45) is 12.4. The van der Waals surface area contributed by atoms with Crippen molar-refractivity contribution in [1.82, 2.24) is 0 Å². The van der Waals surface area contributed by atoms with Gasteiger partial charge in [-0.15, -0.1) is 0 Å². The molecule has 2 aliphatic rings. The molecule has 0 spiro atoms. The van der Waals surface area contributed by atoms with E-state index in [4.69, 9.17) is 5.73 Å². The van der Waals surface area contributed by atoms with Crippen molar-refractivity contribution in [3.05, 3.63) is 0 Å². The lowest BCUT2D eigenvalue weighted by Crippen LogP contribution is -2.48. The maximum atomic E-state index is 6.58. The van der Waals surface area contributed by atoms with Crippen LogP contribution in [0.5, 0.6) is 0 Å². The second-order valence-electron chi connectivity index (χ2n) is 5.57. The van der Waals surface area contributed by atoms with Crippen molar-refractivity contribution < 1.29 is 0 Å². The molecule has 0 bridgehead atoms. The smallest absolute Gasteiger partial charge is 0.0183 e. The van der Waals surface area contributed by atoms with Crippen LogP contribution >= 0.6 is 0 Å². The number of rotatable bonds is 2. The van der Waals surface area contributed by atoms with Gasteiger partial charge in [0.1, 0.15) is 0 Å². The molecule has 0 heterocycles. The van der Waals surface area contributed by atoms with Crippen molar-refractivity contribution in [2.45, 2.75) is 70.3 Å². The molecule has 2 saturated carbocycles. The SMILES string of the molecule is CCC1CCC(N)(C2CCCC2)CC1. The normalized spacial score (nSPS) is 40.3. The van der Waals surface area contributed by atoms with Gasteiger partial charge in [0.2, 0.25) is 0 Å². The van der Waals surface area contributed by atoms with Crippen molar-refractivity contribution >= 4 is 0 Å². The minimum atomic E-state index is 0.238. The summed E-state index contributed by atoms with van der Waals surface area (Å²) in [5, 5.41) is 0. The molecule has 2 fully saturated rings. The van der Waals surface area contributed by atoms with Crippen molar-refractivity contribution in [3.8, 4) is 0 Å². The zero-order valence-corrected chi connectivity index (χ0v) is 9.60. The molecule has 0 aliphatic heterocycles. The third-order valence-corrected chi connectivity index (χ3v) is 4.78. The van der Waals surface area contributed by atoms with Gasteiger partial charge in [-0.05, 0) is 50.4 Å². The zero-order chi connectivity index (χ0) is 10.0. The number of hydrogen-bond acceptors (Lipinski definition) is 1. The summed E-state index contributed by atoms with van der Waals surface area (Å²) in [5.74, 6) is 1.84. The molecule has 0 radical (unpaired) electrons. The molecule has 0 amide bonds. The highest BCUT2D eigenvalue weighted by Crippen LogP contribution is 2.42. The second kappa shape index (κ2) is 4.22. The Morgan fingerprint density at radius 2 is 1.64 bits per heavy atom. The molecule has 0 saturated heterocycles. The van der Waals surface area contributed by atoms with Gasteiger partial charge in [-0.1, -0.05) is 26.2 Å². The molecule has 0 aromatic rings. The Morgan fingerprint density at radius 1 is 1.07 bits per heavy atom. The Bertz CT molecular complexity index is 174. The molecule has 1 heteroatoms. The first kappa shape index (κ1) is 10.5. The second-order valence-corrected chi connectivity index (χ2v) is 5.57. The maximum Gasteiger partial charge on any atom is 0.0183 e. The van der Waals surface area contributed by atoms with Crippen LogP contribution in [0.1, 0.15) is 64.7 Å². The van der Waals surface area contributed by atoms with E-state index in [2.05, 4.69) is 6.92 Å². The highest BCUT2D eigenvalue weighted by atomic mass is 14.8. The molecule has 2 aliphatic carbocycles. The molecule has 2 N–H and O–H groups in total. The van der Waals surface area contributed by atoms with Crippen LogP contribution in [0.2, 0.25) is 0 Å². The Balaban J connectivity index is 1.90. The van der Waals surface area contributed by atoms with Crippen LogP contribution in [0.3, 0.4) is 0 Å². The molecule has 0 aromatic heterocycles. The van der Waals surface area contributed by atoms with E-state index in [1.165, 1.54) is 57.8 Å². The molecule has 14 heavy (non-hydrogen) atoms. The van der Waals surface area contributed by atoms with Crippen LogP contribution in [0.15, 0.2) is 0 Å². The summed E-state index contributed by atoms with van der Waals surface area (Å²) in [4.78, 5) is 0. The molecule has 2 rings (SSSR count). The summed E-state index contributed by atoms with van der Waals surface area (Å²) >= 11 is 0. The Hall–Kier alpha value is -0.0400. The fourth-order valence-corrected chi connectivity index (χ4v) is 3.53. The van der Waals surface area contributed by atoms with Crippen LogP contribution in [-0.2, 0) is 0 Å². The van der Waals surface area contributed by atoms with Gasteiger partial charge in [0, 0.05) is 5.54 Å². The Labute approximate surface area is 88.4 Å². The predicted octanol–water partition coefficient (Wildman–Crippen LogP) is 3.47. The minimum Gasteiger partial charge on any atom is -0.325 e. The standard InChI is InChI=1S/C13H25N/c1-2-11-7-9-13(14,10-8-11)12-5-3-4-6-12/h11-12H,2-10,14H2,1H3. The van der Waals surface area contributed by atoms with Crippen LogP contribution < -0.4 is 5.73 Å². The van der Waals surface area contributed by atoms with Gasteiger partial charge in [-0.25, -0.2) is 0 Å². The first-order valence-corrected chi connectivity index (χ1v) is 6.53.